The van der Waals surface area contributed by atoms with Gasteiger partial charge in [0.05, 0.1) is 0 Å². The molecular weight excluding hydrogens is 284 g/mol. The number of carbonyl (C=O) groups is 1. The molecule has 0 N–H and O–H groups in total. The number of benzene rings is 3. The third kappa shape index (κ3) is 2.50. The van der Waals surface area contributed by atoms with Crippen LogP contribution in [0.5, 0.6) is 5.75 Å². The Kier molecular flexibility index (Phi) is 3.40. The van der Waals surface area contributed by atoms with Gasteiger partial charge in [-0.2, -0.15) is 0 Å². The van der Waals surface area contributed by atoms with Gasteiger partial charge in [0, 0.05) is 21.4 Å². The summed E-state index contributed by atoms with van der Waals surface area (Å²) in [7, 11) is 0. The zero-order valence-electron chi connectivity index (χ0n) is 11.5. The highest BCUT2D eigenvalue weighted by Gasteiger charge is 2.13. The molecule has 3 rings (SSSR count). The zero-order valence-corrected chi connectivity index (χ0v) is 12.3. The van der Waals surface area contributed by atoms with Crippen LogP contribution in [0.1, 0.15) is 6.92 Å². The lowest BCUT2D eigenvalue weighted by atomic mass is 10.0. The fraction of sp³-hybridized carbons (Fsp3) is 0.0556. The number of esters is 1. The molecule has 0 saturated carbocycles. The van der Waals surface area contributed by atoms with Gasteiger partial charge in [-0.1, -0.05) is 48.5 Å². The molecule has 21 heavy (non-hydrogen) atoms. The van der Waals surface area contributed by atoms with E-state index in [-0.39, 0.29) is 0 Å². The van der Waals surface area contributed by atoms with Crippen LogP contribution >= 0.6 is 11.6 Å². The molecule has 3 aromatic rings. The summed E-state index contributed by atoms with van der Waals surface area (Å²) in [6.45, 7) is 5.26. The molecule has 0 radical (unpaired) electrons. The van der Waals surface area contributed by atoms with Crippen LogP contribution in [0.25, 0.3) is 21.5 Å². The van der Waals surface area contributed by atoms with Crippen molar-refractivity contribution in [2.45, 2.75) is 6.92 Å². The van der Waals surface area contributed by atoms with Gasteiger partial charge in [0.1, 0.15) is 5.75 Å². The van der Waals surface area contributed by atoms with E-state index in [0.29, 0.717) is 16.3 Å². The normalized spacial score (nSPS) is 10.8. The molecule has 3 heteroatoms. The minimum absolute atomic E-state index is 0.359. The Hall–Kier alpha value is -2.32. The van der Waals surface area contributed by atoms with Gasteiger partial charge in [0.25, 0.3) is 0 Å². The van der Waals surface area contributed by atoms with Crippen molar-refractivity contribution in [2.24, 2.45) is 0 Å². The largest absolute Gasteiger partial charge is 0.422 e. The van der Waals surface area contributed by atoms with Crippen LogP contribution in [0.3, 0.4) is 0 Å². The number of hydrogen-bond acceptors (Lipinski definition) is 2. The van der Waals surface area contributed by atoms with Crippen molar-refractivity contribution in [3.63, 3.8) is 0 Å². The summed E-state index contributed by atoms with van der Waals surface area (Å²) in [6, 6.07) is 15.4. The molecule has 0 atom stereocenters. The second kappa shape index (κ2) is 5.23. The topological polar surface area (TPSA) is 26.3 Å². The molecule has 104 valence electrons. The summed E-state index contributed by atoms with van der Waals surface area (Å²) < 4.78 is 5.56. The van der Waals surface area contributed by atoms with Gasteiger partial charge in [-0.15, -0.1) is 0 Å². The second-order valence-corrected chi connectivity index (χ2v) is 5.40. The first-order valence-electron chi connectivity index (χ1n) is 6.55. The summed E-state index contributed by atoms with van der Waals surface area (Å²) in [5.41, 5.74) is 0.359. The molecule has 0 aliphatic carbocycles. The summed E-state index contributed by atoms with van der Waals surface area (Å²) >= 11 is 6.08. The third-order valence-electron chi connectivity index (χ3n) is 3.32. The lowest BCUT2D eigenvalue weighted by Gasteiger charge is -2.12. The molecule has 0 fully saturated rings. The minimum Gasteiger partial charge on any atom is -0.422 e. The number of halogens is 1. The Bertz CT molecular complexity index is 881. The lowest BCUT2D eigenvalue weighted by molar-refractivity contribution is -0.129. The van der Waals surface area contributed by atoms with Crippen LogP contribution in [-0.2, 0) is 4.79 Å². The van der Waals surface area contributed by atoms with Gasteiger partial charge in [-0.05, 0) is 35.9 Å². The van der Waals surface area contributed by atoms with E-state index in [1.807, 2.05) is 42.5 Å². The number of hydrogen-bond donors (Lipinski definition) is 0. The Labute approximate surface area is 127 Å². The number of rotatable bonds is 2. The summed E-state index contributed by atoms with van der Waals surface area (Å²) in [4.78, 5) is 11.9. The summed E-state index contributed by atoms with van der Waals surface area (Å²) in [5, 5.41) is 4.28. The van der Waals surface area contributed by atoms with Crippen molar-refractivity contribution in [2.75, 3.05) is 0 Å². The maximum absolute atomic E-state index is 11.9. The van der Waals surface area contributed by atoms with E-state index in [1.165, 1.54) is 0 Å². The van der Waals surface area contributed by atoms with Crippen molar-refractivity contribution >= 4 is 39.1 Å². The molecule has 0 saturated heterocycles. The SMILES string of the molecule is C=C(C)C(=O)Oc1c2ccccc2cc2ccc(Cl)cc12. The number of ether oxygens (including phenoxy) is 1. The van der Waals surface area contributed by atoms with Crippen LogP contribution in [0.2, 0.25) is 5.02 Å². The molecule has 2 nitrogen and oxygen atoms in total. The van der Waals surface area contributed by atoms with E-state index in [9.17, 15) is 4.79 Å². The zero-order chi connectivity index (χ0) is 15.0. The molecule has 0 heterocycles. The molecule has 0 aliphatic rings. The van der Waals surface area contributed by atoms with E-state index in [2.05, 4.69) is 12.6 Å². The van der Waals surface area contributed by atoms with Crippen molar-refractivity contribution in [1.82, 2.24) is 0 Å². The second-order valence-electron chi connectivity index (χ2n) is 4.96. The van der Waals surface area contributed by atoms with Crippen LogP contribution in [-0.4, -0.2) is 5.97 Å². The molecule has 0 amide bonds. The highest BCUT2D eigenvalue weighted by Crippen LogP contribution is 2.36. The molecule has 0 aromatic heterocycles. The predicted molar refractivity (Wildman–Crippen MR) is 86.9 cm³/mol. The Morgan fingerprint density at radius 3 is 2.52 bits per heavy atom. The molecule has 0 bridgehead atoms. The van der Waals surface area contributed by atoms with Crippen LogP contribution in [0, 0.1) is 0 Å². The van der Waals surface area contributed by atoms with Crippen molar-refractivity contribution < 1.29 is 9.53 Å². The maximum atomic E-state index is 11.9. The average Bonchev–Trinajstić information content (AvgIpc) is 2.47. The monoisotopic (exact) mass is 296 g/mol. The molecule has 3 aromatic carbocycles. The molecule has 0 spiro atoms. The highest BCUT2D eigenvalue weighted by molar-refractivity contribution is 6.31. The summed E-state index contributed by atoms with van der Waals surface area (Å²) in [5.74, 6) is 0.0891. The summed E-state index contributed by atoms with van der Waals surface area (Å²) in [6.07, 6.45) is 0. The number of fused-ring (bicyclic) bond motifs is 2. The van der Waals surface area contributed by atoms with Gasteiger partial charge in [-0.3, -0.25) is 0 Å². The van der Waals surface area contributed by atoms with E-state index in [0.717, 1.165) is 21.5 Å². The Morgan fingerprint density at radius 1 is 1.05 bits per heavy atom. The van der Waals surface area contributed by atoms with Gasteiger partial charge in [0.2, 0.25) is 0 Å². The van der Waals surface area contributed by atoms with Crippen LogP contribution in [0.4, 0.5) is 0 Å². The minimum atomic E-state index is -0.437. The third-order valence-corrected chi connectivity index (χ3v) is 3.55. The first-order chi connectivity index (χ1) is 10.1. The van der Waals surface area contributed by atoms with Gasteiger partial charge in [-0.25, -0.2) is 4.79 Å². The maximum Gasteiger partial charge on any atom is 0.338 e. The van der Waals surface area contributed by atoms with E-state index >= 15 is 0 Å². The van der Waals surface area contributed by atoms with Crippen molar-refractivity contribution in [3.05, 3.63) is 65.7 Å². The van der Waals surface area contributed by atoms with Crippen LogP contribution in [0.15, 0.2) is 60.7 Å². The van der Waals surface area contributed by atoms with Gasteiger partial charge >= 0.3 is 5.97 Å². The quantitative estimate of drug-likeness (QED) is 0.284. The highest BCUT2D eigenvalue weighted by atomic mass is 35.5. The fourth-order valence-corrected chi connectivity index (χ4v) is 2.46. The molecule has 0 aliphatic heterocycles. The van der Waals surface area contributed by atoms with Gasteiger partial charge in [0.15, 0.2) is 0 Å². The number of carbonyl (C=O) groups excluding carboxylic acids is 1. The Balaban J connectivity index is 2.35. The Morgan fingerprint density at radius 2 is 1.76 bits per heavy atom. The standard InChI is InChI=1S/C18H13ClO2/c1-11(2)18(20)21-17-15-6-4-3-5-12(15)9-13-7-8-14(19)10-16(13)17/h3-10H,1H2,2H3. The van der Waals surface area contributed by atoms with E-state index in [1.54, 1.807) is 6.92 Å². The molecule has 0 unspecified atom stereocenters. The van der Waals surface area contributed by atoms with Crippen molar-refractivity contribution in [1.29, 1.82) is 0 Å². The molecular formula is C18H13ClO2. The average molecular weight is 297 g/mol. The van der Waals surface area contributed by atoms with Crippen LogP contribution < -0.4 is 4.74 Å². The van der Waals surface area contributed by atoms with E-state index in [4.69, 9.17) is 16.3 Å². The smallest absolute Gasteiger partial charge is 0.338 e. The van der Waals surface area contributed by atoms with Crippen molar-refractivity contribution in [3.8, 4) is 5.75 Å². The first-order valence-corrected chi connectivity index (χ1v) is 6.93. The predicted octanol–water partition coefficient (Wildman–Crippen LogP) is 5.13. The fourth-order valence-electron chi connectivity index (χ4n) is 2.28. The van der Waals surface area contributed by atoms with E-state index < -0.39 is 5.97 Å². The van der Waals surface area contributed by atoms with Gasteiger partial charge < -0.3 is 4.74 Å². The first kappa shape index (κ1) is 13.7. The lowest BCUT2D eigenvalue weighted by Crippen LogP contribution is -2.08.